The summed E-state index contributed by atoms with van der Waals surface area (Å²) in [5.41, 5.74) is 0.681. The van der Waals surface area contributed by atoms with Crippen molar-refractivity contribution in [1.29, 1.82) is 0 Å². The Hall–Kier alpha value is -1.36. The smallest absolute Gasteiger partial charge is 0.337 e. The molecule has 1 aliphatic rings. The average molecular weight is 295 g/mol. The minimum absolute atomic E-state index is 0.0487. The molecule has 1 N–H and O–H groups in total. The van der Waals surface area contributed by atoms with E-state index in [1.165, 1.54) is 6.92 Å². The summed E-state index contributed by atoms with van der Waals surface area (Å²) < 4.78 is 5.16. The van der Waals surface area contributed by atoms with Gasteiger partial charge < -0.3 is 10.1 Å². The molecule has 0 spiro atoms. The maximum absolute atomic E-state index is 12.1. The van der Waals surface area contributed by atoms with Crippen LogP contribution >= 0.6 is 0 Å². The lowest BCUT2D eigenvalue weighted by molar-refractivity contribution is -0.138. The molecule has 0 saturated carbocycles. The monoisotopic (exact) mass is 295 g/mol. The third-order valence-electron chi connectivity index (χ3n) is 3.31. The molecule has 0 radical (unpaired) electrons. The molecule has 1 rings (SSSR count). The van der Waals surface area contributed by atoms with E-state index in [0.29, 0.717) is 12.2 Å². The van der Waals surface area contributed by atoms with Crippen molar-refractivity contribution in [3.63, 3.8) is 0 Å². The van der Waals surface area contributed by atoms with E-state index in [-0.39, 0.29) is 23.8 Å². The van der Waals surface area contributed by atoms with Gasteiger partial charge in [-0.1, -0.05) is 38.7 Å². The van der Waals surface area contributed by atoms with Crippen LogP contribution in [0.1, 0.15) is 20.8 Å². The maximum Gasteiger partial charge on any atom is 0.337 e. The number of nitrogens with one attached hydrogen (secondary N) is 1. The van der Waals surface area contributed by atoms with Crippen LogP contribution in [0.3, 0.4) is 0 Å². The highest BCUT2D eigenvalue weighted by molar-refractivity contribution is 6.84. The summed E-state index contributed by atoms with van der Waals surface area (Å²) in [5.74, 6) is -0.228. The molecule has 0 heterocycles. The number of esters is 1. The van der Waals surface area contributed by atoms with E-state index in [0.717, 1.165) is 5.20 Å². The highest BCUT2D eigenvalue weighted by atomic mass is 28.3. The lowest BCUT2D eigenvalue weighted by Gasteiger charge is -2.32. The fourth-order valence-electron chi connectivity index (χ4n) is 2.33. The van der Waals surface area contributed by atoms with Crippen LogP contribution in [0.5, 0.6) is 0 Å². The summed E-state index contributed by atoms with van der Waals surface area (Å²) >= 11 is 0. The van der Waals surface area contributed by atoms with Crippen molar-refractivity contribution in [3.05, 3.63) is 22.9 Å². The topological polar surface area (TPSA) is 55.4 Å². The summed E-state index contributed by atoms with van der Waals surface area (Å²) in [6, 6.07) is -0.0487. The van der Waals surface area contributed by atoms with E-state index in [1.54, 1.807) is 0 Å². The van der Waals surface area contributed by atoms with Crippen LogP contribution in [0.2, 0.25) is 19.6 Å². The van der Waals surface area contributed by atoms with Crippen molar-refractivity contribution in [3.8, 4) is 0 Å². The number of carbonyl (C=O) groups is 2. The normalized spacial score (nSPS) is 22.7. The van der Waals surface area contributed by atoms with Crippen molar-refractivity contribution in [2.45, 2.75) is 46.5 Å². The molecule has 0 saturated heterocycles. The van der Waals surface area contributed by atoms with E-state index in [1.807, 2.05) is 26.0 Å². The Kier molecular flexibility index (Phi) is 5.33. The molecule has 0 unspecified atom stereocenters. The fraction of sp³-hybridized carbons (Fsp3) is 0.600. The Labute approximate surface area is 122 Å². The first-order valence-corrected chi connectivity index (χ1v) is 10.6. The van der Waals surface area contributed by atoms with Gasteiger partial charge in [0.25, 0.3) is 0 Å². The van der Waals surface area contributed by atoms with Crippen molar-refractivity contribution >= 4 is 20.0 Å². The van der Waals surface area contributed by atoms with Crippen LogP contribution in [-0.4, -0.2) is 32.6 Å². The molecule has 4 nitrogen and oxygen atoms in total. The molecule has 0 bridgehead atoms. The van der Waals surface area contributed by atoms with Gasteiger partial charge >= 0.3 is 5.97 Å². The van der Waals surface area contributed by atoms with E-state index < -0.39 is 8.07 Å². The number of hydrogen-bond acceptors (Lipinski definition) is 3. The Bertz CT molecular complexity index is 460. The van der Waals surface area contributed by atoms with Gasteiger partial charge in [0.2, 0.25) is 5.91 Å². The Morgan fingerprint density at radius 3 is 2.35 bits per heavy atom. The first-order chi connectivity index (χ1) is 9.16. The lowest BCUT2D eigenvalue weighted by atomic mass is 9.92. The predicted octanol–water partition coefficient (Wildman–Crippen LogP) is 2.43. The molecule has 20 heavy (non-hydrogen) atoms. The summed E-state index contributed by atoms with van der Waals surface area (Å²) in [7, 11) is -1.69. The highest BCUT2D eigenvalue weighted by Gasteiger charge is 2.33. The molecule has 0 aliphatic heterocycles. The summed E-state index contributed by atoms with van der Waals surface area (Å²) in [6.45, 7) is 12.3. The largest absolute Gasteiger partial charge is 0.462 e. The molecule has 1 amide bonds. The maximum atomic E-state index is 12.1. The van der Waals surface area contributed by atoms with Crippen LogP contribution in [0.25, 0.3) is 0 Å². The second-order valence-corrected chi connectivity index (χ2v) is 11.3. The van der Waals surface area contributed by atoms with Crippen molar-refractivity contribution in [2.24, 2.45) is 5.92 Å². The highest BCUT2D eigenvalue weighted by Crippen LogP contribution is 2.31. The van der Waals surface area contributed by atoms with E-state index in [4.69, 9.17) is 4.74 Å². The molecule has 5 heteroatoms. The lowest BCUT2D eigenvalue weighted by Crippen LogP contribution is -2.41. The Balaban J connectivity index is 3.15. The van der Waals surface area contributed by atoms with Gasteiger partial charge in [0.1, 0.15) is 0 Å². The van der Waals surface area contributed by atoms with Gasteiger partial charge in [0.15, 0.2) is 0 Å². The number of carbonyl (C=O) groups excluding carboxylic acids is 2. The van der Waals surface area contributed by atoms with E-state index in [9.17, 15) is 9.59 Å². The third-order valence-corrected chi connectivity index (χ3v) is 5.36. The number of amides is 1. The molecule has 2 atom stereocenters. The molecule has 0 aromatic carbocycles. The van der Waals surface area contributed by atoms with E-state index in [2.05, 4.69) is 25.0 Å². The Morgan fingerprint density at radius 2 is 1.90 bits per heavy atom. The zero-order valence-electron chi connectivity index (χ0n) is 13.2. The summed E-state index contributed by atoms with van der Waals surface area (Å²) in [6.07, 6.45) is 3.98. The van der Waals surface area contributed by atoms with Crippen LogP contribution in [0.4, 0.5) is 0 Å². The Morgan fingerprint density at radius 1 is 1.30 bits per heavy atom. The number of rotatable bonds is 4. The van der Waals surface area contributed by atoms with E-state index >= 15 is 0 Å². The first kappa shape index (κ1) is 16.7. The molecule has 112 valence electrons. The zero-order valence-corrected chi connectivity index (χ0v) is 14.2. The molecule has 0 aromatic heterocycles. The zero-order chi connectivity index (χ0) is 15.5. The van der Waals surface area contributed by atoms with Gasteiger partial charge in [-0.05, 0) is 18.0 Å². The van der Waals surface area contributed by atoms with Crippen molar-refractivity contribution in [2.75, 3.05) is 6.61 Å². The van der Waals surface area contributed by atoms with Crippen LogP contribution in [-0.2, 0) is 14.3 Å². The second kappa shape index (κ2) is 6.39. The molecular formula is C15H25NO3Si. The van der Waals surface area contributed by atoms with Crippen LogP contribution in [0, 0.1) is 5.92 Å². The molecule has 0 fully saturated rings. The third kappa shape index (κ3) is 4.06. The predicted molar refractivity (Wildman–Crippen MR) is 82.9 cm³/mol. The minimum Gasteiger partial charge on any atom is -0.462 e. The number of hydrogen-bond donors (Lipinski definition) is 1. The van der Waals surface area contributed by atoms with Crippen molar-refractivity contribution < 1.29 is 14.3 Å². The fourth-order valence-corrected chi connectivity index (χ4v) is 4.00. The van der Waals surface area contributed by atoms with Crippen LogP contribution < -0.4 is 5.32 Å². The molecule has 1 aliphatic carbocycles. The van der Waals surface area contributed by atoms with Gasteiger partial charge in [0.05, 0.1) is 26.3 Å². The standard InChI is InChI=1S/C15H25NO3Si/c1-7-19-15(18)12-8-10(2)13(16-11(3)17)9-14(12)20(4,5)6/h8-10,13H,7H2,1-6H3,(H,16,17)/t10-,13+/m1/s1. The average Bonchev–Trinajstić information content (AvgIpc) is 2.29. The van der Waals surface area contributed by atoms with Gasteiger partial charge in [-0.3, -0.25) is 4.79 Å². The van der Waals surface area contributed by atoms with Gasteiger partial charge in [-0.15, -0.1) is 0 Å². The second-order valence-electron chi connectivity index (χ2n) is 6.22. The van der Waals surface area contributed by atoms with Crippen LogP contribution in [0.15, 0.2) is 22.9 Å². The van der Waals surface area contributed by atoms with Gasteiger partial charge in [-0.25, -0.2) is 4.79 Å². The molecule has 0 aromatic rings. The SMILES string of the molecule is CCOC(=O)C1=C[C@@H](C)[C@@H](NC(C)=O)C=C1[Si](C)(C)C. The van der Waals surface area contributed by atoms with Crippen molar-refractivity contribution in [1.82, 2.24) is 5.32 Å². The minimum atomic E-state index is -1.69. The molecular weight excluding hydrogens is 270 g/mol. The van der Waals surface area contributed by atoms with Gasteiger partial charge in [0, 0.05) is 6.92 Å². The summed E-state index contributed by atoms with van der Waals surface area (Å²) in [4.78, 5) is 23.4. The number of ether oxygens (including phenoxy) is 1. The first-order valence-electron chi connectivity index (χ1n) is 7.05. The quantitative estimate of drug-likeness (QED) is 0.640. The van der Waals surface area contributed by atoms with Gasteiger partial charge in [-0.2, -0.15) is 0 Å². The summed E-state index contributed by atoms with van der Waals surface area (Å²) in [5, 5.41) is 4.00.